The van der Waals surface area contributed by atoms with Gasteiger partial charge in [-0.1, -0.05) is 54.8 Å². The van der Waals surface area contributed by atoms with E-state index in [0.717, 1.165) is 36.8 Å². The van der Waals surface area contributed by atoms with Crippen molar-refractivity contribution in [2.45, 2.75) is 52.1 Å². The normalized spacial score (nSPS) is 13.7. The molecular weight excluding hydrogens is 468 g/mol. The van der Waals surface area contributed by atoms with Crippen LogP contribution in [0.5, 0.6) is 0 Å². The summed E-state index contributed by atoms with van der Waals surface area (Å²) in [7, 11) is 1.63. The first kappa shape index (κ1) is 26.6. The highest BCUT2D eigenvalue weighted by atomic mass is 16.5. The highest BCUT2D eigenvalue weighted by Gasteiger charge is 2.29. The zero-order valence-corrected chi connectivity index (χ0v) is 21.8. The van der Waals surface area contributed by atoms with Gasteiger partial charge in [0.25, 0.3) is 0 Å². The molecule has 1 saturated carbocycles. The molecule has 1 heterocycles. The average molecular weight is 505 g/mol. The number of methoxy groups -OCH3 is 1. The second-order valence-electron chi connectivity index (χ2n) is 9.91. The van der Waals surface area contributed by atoms with Gasteiger partial charge >= 0.3 is 0 Å². The summed E-state index contributed by atoms with van der Waals surface area (Å²) in [6, 6.07) is 15.2. The first-order chi connectivity index (χ1) is 18.0. The Bertz CT molecular complexity index is 1260. The molecule has 1 fully saturated rings. The summed E-state index contributed by atoms with van der Waals surface area (Å²) >= 11 is 0. The number of nitrogens with zero attached hydrogens (tertiary/aromatic N) is 2. The first-order valence-corrected chi connectivity index (χ1v) is 13.1. The van der Waals surface area contributed by atoms with Crippen LogP contribution < -0.4 is 5.43 Å². The fraction of sp³-hybridized carbons (Fsp3) is 0.433. The van der Waals surface area contributed by atoms with E-state index >= 15 is 0 Å². The summed E-state index contributed by atoms with van der Waals surface area (Å²) in [5, 5.41) is 0.502. The Morgan fingerprint density at radius 2 is 1.78 bits per heavy atom. The molecule has 0 aliphatic heterocycles. The highest BCUT2D eigenvalue weighted by Crippen LogP contribution is 2.27. The number of ether oxygens (including phenoxy) is 1. The van der Waals surface area contributed by atoms with Crippen molar-refractivity contribution in [3.05, 3.63) is 81.7 Å². The minimum absolute atomic E-state index is 0.0197. The van der Waals surface area contributed by atoms with Gasteiger partial charge < -0.3 is 19.0 Å². The lowest BCUT2D eigenvalue weighted by molar-refractivity contribution is -0.143. The van der Waals surface area contributed by atoms with Crippen LogP contribution in [0.25, 0.3) is 11.0 Å². The maximum absolute atomic E-state index is 13.7. The molecule has 0 unspecified atom stereocenters. The molecule has 0 saturated heterocycles. The number of amides is 2. The highest BCUT2D eigenvalue weighted by molar-refractivity contribution is 5.86. The molecule has 1 aliphatic rings. The molecule has 37 heavy (non-hydrogen) atoms. The van der Waals surface area contributed by atoms with Crippen molar-refractivity contribution in [2.24, 2.45) is 5.92 Å². The summed E-state index contributed by atoms with van der Waals surface area (Å²) in [4.78, 5) is 43.6. The summed E-state index contributed by atoms with van der Waals surface area (Å²) < 4.78 is 10.9. The predicted molar refractivity (Wildman–Crippen MR) is 143 cm³/mol. The van der Waals surface area contributed by atoms with E-state index < -0.39 is 0 Å². The van der Waals surface area contributed by atoms with Crippen molar-refractivity contribution in [3.8, 4) is 0 Å². The zero-order chi connectivity index (χ0) is 26.2. The molecule has 196 valence electrons. The molecule has 4 rings (SSSR count). The number of rotatable bonds is 11. The Labute approximate surface area is 218 Å². The SMILES string of the molecule is COCCCN(CC(=O)N(Cc1ccccc1)Cc1coc2ccc(C)cc2c1=O)C(=O)C1CCCC1. The smallest absolute Gasteiger partial charge is 0.242 e. The predicted octanol–water partition coefficient (Wildman–Crippen LogP) is 4.69. The van der Waals surface area contributed by atoms with E-state index in [1.54, 1.807) is 23.0 Å². The van der Waals surface area contributed by atoms with Crippen LogP contribution in [0.15, 0.2) is 64.0 Å². The third-order valence-electron chi connectivity index (χ3n) is 7.05. The number of carbonyl (C=O) groups excluding carboxylic acids is 2. The Kier molecular flexibility index (Phi) is 9.12. The minimum atomic E-state index is -0.198. The van der Waals surface area contributed by atoms with Crippen molar-refractivity contribution in [1.82, 2.24) is 9.80 Å². The molecule has 0 N–H and O–H groups in total. The first-order valence-electron chi connectivity index (χ1n) is 13.1. The van der Waals surface area contributed by atoms with Gasteiger partial charge in [0.15, 0.2) is 5.43 Å². The summed E-state index contributed by atoms with van der Waals surface area (Å²) in [6.07, 6.45) is 5.96. The second-order valence-corrected chi connectivity index (χ2v) is 9.91. The van der Waals surface area contributed by atoms with Crippen molar-refractivity contribution >= 4 is 22.8 Å². The van der Waals surface area contributed by atoms with Crippen LogP contribution in [0, 0.1) is 12.8 Å². The lowest BCUT2D eigenvalue weighted by Gasteiger charge is -2.29. The van der Waals surface area contributed by atoms with Crippen molar-refractivity contribution in [3.63, 3.8) is 0 Å². The standard InChI is InChI=1S/C30H36N2O5/c1-22-13-14-27-26(17-22)29(34)25(21-37-27)19-32(18-23-9-4-3-5-10-23)28(33)20-31(15-8-16-36-2)30(35)24-11-6-7-12-24/h3-5,9-10,13-14,17,21,24H,6-8,11-12,15-16,18-20H2,1-2H3. The zero-order valence-electron chi connectivity index (χ0n) is 21.8. The van der Waals surface area contributed by atoms with E-state index in [9.17, 15) is 14.4 Å². The largest absolute Gasteiger partial charge is 0.464 e. The molecule has 0 bridgehead atoms. The molecular formula is C30H36N2O5. The molecule has 1 aromatic heterocycles. The number of benzene rings is 2. The number of fused-ring (bicyclic) bond motifs is 1. The van der Waals surface area contributed by atoms with E-state index in [-0.39, 0.29) is 36.3 Å². The van der Waals surface area contributed by atoms with Crippen LogP contribution in [0.3, 0.4) is 0 Å². The number of aryl methyl sites for hydroxylation is 1. The van der Waals surface area contributed by atoms with Crippen LogP contribution in [-0.2, 0) is 27.4 Å². The molecule has 0 atom stereocenters. The van der Waals surface area contributed by atoms with E-state index in [1.165, 1.54) is 6.26 Å². The van der Waals surface area contributed by atoms with Crippen LogP contribution in [0.2, 0.25) is 0 Å². The van der Waals surface area contributed by atoms with Crippen LogP contribution >= 0.6 is 0 Å². The van der Waals surface area contributed by atoms with Gasteiger partial charge in [0.2, 0.25) is 11.8 Å². The van der Waals surface area contributed by atoms with E-state index in [1.807, 2.05) is 49.4 Å². The van der Waals surface area contributed by atoms with Crippen LogP contribution in [-0.4, -0.2) is 48.4 Å². The lowest BCUT2D eigenvalue weighted by Crippen LogP contribution is -2.45. The van der Waals surface area contributed by atoms with Gasteiger partial charge in [-0.2, -0.15) is 0 Å². The third kappa shape index (κ3) is 6.86. The van der Waals surface area contributed by atoms with Crippen molar-refractivity contribution in [1.29, 1.82) is 0 Å². The number of hydrogen-bond donors (Lipinski definition) is 0. The fourth-order valence-corrected chi connectivity index (χ4v) is 5.00. The van der Waals surface area contributed by atoms with Gasteiger partial charge in [-0.05, 0) is 43.9 Å². The van der Waals surface area contributed by atoms with Gasteiger partial charge in [-0.15, -0.1) is 0 Å². The molecule has 0 spiro atoms. The van der Waals surface area contributed by atoms with Gasteiger partial charge in [-0.25, -0.2) is 0 Å². The molecule has 2 aromatic carbocycles. The fourth-order valence-electron chi connectivity index (χ4n) is 5.00. The average Bonchev–Trinajstić information content (AvgIpc) is 3.45. The van der Waals surface area contributed by atoms with E-state index in [0.29, 0.717) is 42.6 Å². The summed E-state index contributed by atoms with van der Waals surface area (Å²) in [5.41, 5.74) is 2.70. The van der Waals surface area contributed by atoms with Gasteiger partial charge in [-0.3, -0.25) is 14.4 Å². The molecule has 7 nitrogen and oxygen atoms in total. The van der Waals surface area contributed by atoms with Crippen LogP contribution in [0.4, 0.5) is 0 Å². The Hall–Kier alpha value is -3.45. The lowest BCUT2D eigenvalue weighted by atomic mass is 10.1. The monoisotopic (exact) mass is 504 g/mol. The summed E-state index contributed by atoms with van der Waals surface area (Å²) in [5.74, 6) is -0.174. The number of hydrogen-bond acceptors (Lipinski definition) is 5. The molecule has 0 radical (unpaired) electrons. The third-order valence-corrected chi connectivity index (χ3v) is 7.05. The van der Waals surface area contributed by atoms with E-state index in [2.05, 4.69) is 0 Å². The van der Waals surface area contributed by atoms with Crippen molar-refractivity contribution in [2.75, 3.05) is 26.8 Å². The Balaban J connectivity index is 1.59. The topological polar surface area (TPSA) is 80.1 Å². The van der Waals surface area contributed by atoms with Crippen LogP contribution in [0.1, 0.15) is 48.8 Å². The van der Waals surface area contributed by atoms with Gasteiger partial charge in [0.05, 0.1) is 30.3 Å². The molecule has 2 amide bonds. The van der Waals surface area contributed by atoms with E-state index in [4.69, 9.17) is 9.15 Å². The van der Waals surface area contributed by atoms with Gasteiger partial charge in [0.1, 0.15) is 5.58 Å². The number of carbonyl (C=O) groups is 2. The maximum atomic E-state index is 13.7. The summed E-state index contributed by atoms with van der Waals surface area (Å²) in [6.45, 7) is 3.32. The molecule has 7 heteroatoms. The Morgan fingerprint density at radius 3 is 2.51 bits per heavy atom. The van der Waals surface area contributed by atoms with Crippen molar-refractivity contribution < 1.29 is 18.7 Å². The molecule has 1 aliphatic carbocycles. The maximum Gasteiger partial charge on any atom is 0.242 e. The minimum Gasteiger partial charge on any atom is -0.464 e. The quantitative estimate of drug-likeness (QED) is 0.354. The van der Waals surface area contributed by atoms with Gasteiger partial charge in [0, 0.05) is 32.7 Å². The Morgan fingerprint density at radius 1 is 1.03 bits per heavy atom. The second kappa shape index (κ2) is 12.7. The molecule has 3 aromatic rings.